The van der Waals surface area contributed by atoms with Crippen LogP contribution in [-0.2, 0) is 38.8 Å². The molecule has 13 heteroatoms. The number of amides is 2. The third-order valence-electron chi connectivity index (χ3n) is 6.42. The third-order valence-corrected chi connectivity index (χ3v) is 7.44. The number of imide groups is 1. The first-order valence-corrected chi connectivity index (χ1v) is 11.4. The van der Waals surface area contributed by atoms with Gasteiger partial charge < -0.3 is 9.47 Å². The first-order valence-electron chi connectivity index (χ1n) is 10.0. The topological polar surface area (TPSA) is 144 Å². The van der Waals surface area contributed by atoms with Gasteiger partial charge in [-0.05, 0) is 19.3 Å². The van der Waals surface area contributed by atoms with Crippen molar-refractivity contribution >= 4 is 33.9 Å². The van der Waals surface area contributed by atoms with Crippen molar-refractivity contribution in [2.75, 3.05) is 0 Å². The molecule has 3 aliphatic rings. The minimum atomic E-state index is -5.87. The summed E-state index contributed by atoms with van der Waals surface area (Å²) in [6.45, 7) is 6.51. The number of hydrogen-bond acceptors (Lipinski definition) is 8. The number of esters is 2. The molecule has 3 fully saturated rings. The second kappa shape index (κ2) is 7.44. The van der Waals surface area contributed by atoms with Crippen LogP contribution in [0, 0.1) is 29.1 Å². The molecule has 1 saturated heterocycles. The molecule has 180 valence electrons. The molecule has 0 aromatic heterocycles. The monoisotopic (exact) mass is 481 g/mol. The Bertz CT molecular complexity index is 974. The van der Waals surface area contributed by atoms with E-state index in [-0.39, 0.29) is 6.42 Å². The molecule has 0 spiro atoms. The van der Waals surface area contributed by atoms with Crippen LogP contribution in [0.4, 0.5) is 8.78 Å². The maximum Gasteiger partial charge on any atom is 0.405 e. The predicted octanol–water partition coefficient (Wildman–Crippen LogP) is 0.996. The van der Waals surface area contributed by atoms with Gasteiger partial charge in [0.15, 0.2) is 6.10 Å². The van der Waals surface area contributed by atoms with Gasteiger partial charge >= 0.3 is 27.3 Å². The molecule has 32 heavy (non-hydrogen) atoms. The smallest absolute Gasteiger partial charge is 0.405 e. The number of nitrogens with zero attached hydrogens (tertiary/aromatic N) is 1. The van der Waals surface area contributed by atoms with Crippen LogP contribution in [0.15, 0.2) is 0 Å². The Morgan fingerprint density at radius 1 is 1.19 bits per heavy atom. The Morgan fingerprint density at radius 3 is 2.22 bits per heavy atom. The van der Waals surface area contributed by atoms with E-state index in [1.807, 2.05) is 0 Å². The highest BCUT2D eigenvalue weighted by molar-refractivity contribution is 7.86. The summed E-state index contributed by atoms with van der Waals surface area (Å²) in [5.41, 5.74) is -0.958. The molecule has 3 rings (SSSR count). The van der Waals surface area contributed by atoms with Crippen molar-refractivity contribution < 1.29 is 50.4 Å². The first-order chi connectivity index (χ1) is 14.4. The van der Waals surface area contributed by atoms with Crippen molar-refractivity contribution in [2.24, 2.45) is 29.1 Å². The zero-order valence-corrected chi connectivity index (χ0v) is 18.9. The van der Waals surface area contributed by atoms with Gasteiger partial charge in [0.2, 0.25) is 11.8 Å². The summed E-state index contributed by atoms with van der Waals surface area (Å²) in [7, 11) is -5.87. The molecule has 1 aliphatic heterocycles. The Kier molecular flexibility index (Phi) is 5.69. The third kappa shape index (κ3) is 3.58. The zero-order valence-electron chi connectivity index (χ0n) is 18.1. The van der Waals surface area contributed by atoms with Crippen LogP contribution < -0.4 is 0 Å². The molecular formula is C19H25F2NO9S. The quantitative estimate of drug-likeness (QED) is 0.449. The lowest BCUT2D eigenvalue weighted by molar-refractivity contribution is -0.173. The minimum Gasteiger partial charge on any atom is -0.460 e. The van der Waals surface area contributed by atoms with Gasteiger partial charge in [-0.25, -0.2) is 0 Å². The van der Waals surface area contributed by atoms with Gasteiger partial charge in [-0.1, -0.05) is 20.8 Å². The van der Waals surface area contributed by atoms with E-state index in [0.717, 1.165) is 11.8 Å². The summed E-state index contributed by atoms with van der Waals surface area (Å²) in [6.07, 6.45) is -3.35. The summed E-state index contributed by atoms with van der Waals surface area (Å²) in [6, 6.07) is -0.783. The van der Waals surface area contributed by atoms with Gasteiger partial charge in [-0.2, -0.15) is 17.2 Å². The van der Waals surface area contributed by atoms with Gasteiger partial charge in [-0.15, -0.1) is 0 Å². The van der Waals surface area contributed by atoms with E-state index in [1.165, 1.54) is 0 Å². The molecule has 2 aliphatic carbocycles. The SMILES string of the molecule is CC(=O)OC1C2CC3C(C(=O)N(C(=O)C(C)(C)C)C31)C2C(=O)OC(C)C(F)(F)S(=O)(=O)O. The van der Waals surface area contributed by atoms with E-state index in [9.17, 15) is 36.4 Å². The molecule has 2 amide bonds. The molecule has 2 saturated carbocycles. The molecule has 0 aromatic carbocycles. The van der Waals surface area contributed by atoms with E-state index in [0.29, 0.717) is 6.92 Å². The van der Waals surface area contributed by atoms with Crippen molar-refractivity contribution in [2.45, 2.75) is 64.5 Å². The van der Waals surface area contributed by atoms with Crippen molar-refractivity contribution in [3.05, 3.63) is 0 Å². The fourth-order valence-electron chi connectivity index (χ4n) is 5.11. The maximum atomic E-state index is 13.9. The fourth-order valence-corrected chi connectivity index (χ4v) is 5.58. The fraction of sp³-hybridized carbons (Fsp3) is 0.789. The molecule has 1 N–H and O–H groups in total. The molecular weight excluding hydrogens is 456 g/mol. The largest absolute Gasteiger partial charge is 0.460 e. The average Bonchev–Trinajstić information content (AvgIpc) is 3.21. The van der Waals surface area contributed by atoms with Crippen LogP contribution in [0.3, 0.4) is 0 Å². The van der Waals surface area contributed by atoms with Gasteiger partial charge in [0, 0.05) is 18.3 Å². The molecule has 7 unspecified atom stereocenters. The van der Waals surface area contributed by atoms with Crippen molar-refractivity contribution in [3.63, 3.8) is 0 Å². The van der Waals surface area contributed by atoms with Gasteiger partial charge in [-0.3, -0.25) is 28.6 Å². The Labute approximate surface area is 183 Å². The van der Waals surface area contributed by atoms with E-state index in [4.69, 9.17) is 9.29 Å². The molecule has 1 heterocycles. The van der Waals surface area contributed by atoms with Crippen LogP contribution in [0.5, 0.6) is 0 Å². The number of fused-ring (bicyclic) bond motifs is 1. The van der Waals surface area contributed by atoms with Gasteiger partial charge in [0.25, 0.3) is 0 Å². The lowest BCUT2D eigenvalue weighted by atomic mass is 9.78. The highest BCUT2D eigenvalue weighted by Crippen LogP contribution is 2.60. The molecule has 7 atom stereocenters. The number of halogens is 2. The summed E-state index contributed by atoms with van der Waals surface area (Å²) >= 11 is 0. The molecule has 10 nitrogen and oxygen atoms in total. The number of carbonyl (C=O) groups excluding carboxylic acids is 4. The number of likely N-dealkylation sites (tertiary alicyclic amines) is 1. The number of rotatable bonds is 5. The van der Waals surface area contributed by atoms with Crippen LogP contribution in [0.2, 0.25) is 0 Å². The summed E-state index contributed by atoms with van der Waals surface area (Å²) < 4.78 is 68.4. The zero-order chi connectivity index (χ0) is 24.5. The van der Waals surface area contributed by atoms with Gasteiger partial charge in [0.05, 0.1) is 17.9 Å². The Balaban J connectivity index is 1.95. The standard InChI is InChI=1S/C19H25F2NO9S/c1-7(19(20,21)32(27,28)29)30-16(25)12-10-6-9-11(12)15(24)22(17(26)18(3,4)5)13(9)14(10)31-8(2)23/h7,9-14H,6H2,1-5H3,(H,27,28,29). The predicted molar refractivity (Wildman–Crippen MR) is 101 cm³/mol. The second-order valence-corrected chi connectivity index (χ2v) is 11.1. The minimum absolute atomic E-state index is 0.218. The second-order valence-electron chi connectivity index (χ2n) is 9.56. The van der Waals surface area contributed by atoms with Crippen LogP contribution in [0.25, 0.3) is 0 Å². The number of alkyl halides is 2. The molecule has 0 aromatic rings. The highest BCUT2D eigenvalue weighted by atomic mass is 32.2. The van der Waals surface area contributed by atoms with E-state index >= 15 is 0 Å². The Hall–Kier alpha value is -2.15. The summed E-state index contributed by atoms with van der Waals surface area (Å²) in [4.78, 5) is 51.7. The van der Waals surface area contributed by atoms with E-state index in [2.05, 4.69) is 4.74 Å². The first kappa shape index (κ1) is 24.5. The van der Waals surface area contributed by atoms with E-state index in [1.54, 1.807) is 20.8 Å². The van der Waals surface area contributed by atoms with E-state index < -0.39 is 86.5 Å². The van der Waals surface area contributed by atoms with Crippen LogP contribution >= 0.6 is 0 Å². The highest BCUT2D eigenvalue weighted by Gasteiger charge is 2.72. The van der Waals surface area contributed by atoms with Crippen LogP contribution in [-0.4, -0.2) is 65.1 Å². The van der Waals surface area contributed by atoms with Crippen molar-refractivity contribution in [3.8, 4) is 0 Å². The molecule has 2 bridgehead atoms. The average molecular weight is 481 g/mol. The number of ether oxygens (including phenoxy) is 2. The lowest BCUT2D eigenvalue weighted by Gasteiger charge is -2.35. The lowest BCUT2D eigenvalue weighted by Crippen LogP contribution is -2.51. The maximum absolute atomic E-state index is 13.9. The van der Waals surface area contributed by atoms with Crippen molar-refractivity contribution in [1.82, 2.24) is 4.90 Å². The normalized spacial score (nSPS) is 32.8. The summed E-state index contributed by atoms with van der Waals surface area (Å²) in [5, 5.41) is -4.77. The molecule has 0 radical (unpaired) electrons. The van der Waals surface area contributed by atoms with Crippen molar-refractivity contribution in [1.29, 1.82) is 0 Å². The van der Waals surface area contributed by atoms with Crippen LogP contribution in [0.1, 0.15) is 41.0 Å². The Morgan fingerprint density at radius 2 is 1.75 bits per heavy atom. The number of hydrogen-bond donors (Lipinski definition) is 1. The summed E-state index contributed by atoms with van der Waals surface area (Å²) in [5.74, 6) is -6.90. The number of carbonyl (C=O) groups is 4. The van der Waals surface area contributed by atoms with Gasteiger partial charge in [0.1, 0.15) is 6.10 Å².